The average Bonchev–Trinajstić information content (AvgIpc) is 2.20. The predicted molar refractivity (Wildman–Crippen MR) is 49.0 cm³/mol. The van der Waals surface area contributed by atoms with E-state index in [0.29, 0.717) is 5.92 Å². The normalized spacial score (nSPS) is 23.0. The van der Waals surface area contributed by atoms with Gasteiger partial charge in [0.05, 0.1) is 6.20 Å². The van der Waals surface area contributed by atoms with Gasteiger partial charge < -0.3 is 5.32 Å². The van der Waals surface area contributed by atoms with Gasteiger partial charge in [-0.15, -0.1) is 0 Å². The van der Waals surface area contributed by atoms with Crippen molar-refractivity contribution in [1.29, 1.82) is 0 Å². The summed E-state index contributed by atoms with van der Waals surface area (Å²) < 4.78 is 13.3. The van der Waals surface area contributed by atoms with Gasteiger partial charge in [-0.2, -0.15) is 0 Å². The molecule has 0 aliphatic carbocycles. The number of halogens is 1. The summed E-state index contributed by atoms with van der Waals surface area (Å²) in [4.78, 5) is 3.74. The zero-order valence-electron chi connectivity index (χ0n) is 7.46. The van der Waals surface area contributed by atoms with Gasteiger partial charge in [0.25, 0.3) is 0 Å². The predicted octanol–water partition coefficient (Wildman–Crippen LogP) is 1.69. The molecule has 1 fully saturated rings. The Morgan fingerprint density at radius 2 is 2.46 bits per heavy atom. The van der Waals surface area contributed by atoms with Gasteiger partial charge in [-0.05, 0) is 36.9 Å². The Morgan fingerprint density at radius 1 is 1.54 bits per heavy atom. The first kappa shape index (κ1) is 8.63. The van der Waals surface area contributed by atoms with Gasteiger partial charge in [0.2, 0.25) is 0 Å². The van der Waals surface area contributed by atoms with Crippen molar-refractivity contribution in [3.8, 4) is 0 Å². The van der Waals surface area contributed by atoms with Crippen molar-refractivity contribution in [2.45, 2.75) is 18.8 Å². The lowest BCUT2D eigenvalue weighted by atomic mass is 9.92. The Hall–Kier alpha value is -0.960. The van der Waals surface area contributed by atoms with Crippen molar-refractivity contribution >= 4 is 0 Å². The molecule has 1 atom stereocenters. The Bertz CT molecular complexity index is 282. The molecular weight excluding hydrogens is 167 g/mol. The second kappa shape index (κ2) is 3.83. The second-order valence-corrected chi connectivity index (χ2v) is 3.44. The maximum absolute atomic E-state index is 13.3. The highest BCUT2D eigenvalue weighted by Gasteiger charge is 2.17. The smallest absolute Gasteiger partial charge is 0.144 e. The van der Waals surface area contributed by atoms with Crippen LogP contribution in [0.1, 0.15) is 24.3 Å². The van der Waals surface area contributed by atoms with Crippen LogP contribution in [0.15, 0.2) is 18.5 Å². The summed E-state index contributed by atoms with van der Waals surface area (Å²) in [6.07, 6.45) is 5.16. The van der Waals surface area contributed by atoms with E-state index in [9.17, 15) is 4.39 Å². The third kappa shape index (κ3) is 1.86. The van der Waals surface area contributed by atoms with E-state index < -0.39 is 0 Å². The Balaban J connectivity index is 2.18. The number of nitrogens with zero attached hydrogens (tertiary/aromatic N) is 1. The largest absolute Gasteiger partial charge is 0.316 e. The van der Waals surface area contributed by atoms with Crippen molar-refractivity contribution < 1.29 is 4.39 Å². The van der Waals surface area contributed by atoms with Gasteiger partial charge >= 0.3 is 0 Å². The number of aromatic nitrogens is 1. The summed E-state index contributed by atoms with van der Waals surface area (Å²) in [5, 5.41) is 3.27. The molecule has 1 unspecified atom stereocenters. The van der Waals surface area contributed by atoms with Crippen LogP contribution in [0.5, 0.6) is 0 Å². The summed E-state index contributed by atoms with van der Waals surface area (Å²) >= 11 is 0. The van der Waals surface area contributed by atoms with E-state index in [-0.39, 0.29) is 5.82 Å². The van der Waals surface area contributed by atoms with Crippen molar-refractivity contribution in [2.24, 2.45) is 0 Å². The summed E-state index contributed by atoms with van der Waals surface area (Å²) in [7, 11) is 0. The Labute approximate surface area is 77.2 Å². The fraction of sp³-hybridized carbons (Fsp3) is 0.500. The van der Waals surface area contributed by atoms with Crippen LogP contribution < -0.4 is 5.32 Å². The first-order valence-electron chi connectivity index (χ1n) is 4.68. The van der Waals surface area contributed by atoms with E-state index >= 15 is 0 Å². The standard InChI is InChI=1S/C10H13FN2/c11-10-7-13-5-3-9(10)8-2-1-4-12-6-8/h3,5,7-8,12H,1-2,4,6H2. The average molecular weight is 180 g/mol. The van der Waals surface area contributed by atoms with Crippen LogP contribution in [0.4, 0.5) is 4.39 Å². The van der Waals surface area contributed by atoms with E-state index in [1.54, 1.807) is 12.3 Å². The lowest BCUT2D eigenvalue weighted by Crippen LogP contribution is -2.28. The molecule has 0 aromatic carbocycles. The molecule has 70 valence electrons. The molecule has 0 bridgehead atoms. The molecule has 1 aliphatic heterocycles. The van der Waals surface area contributed by atoms with E-state index in [0.717, 1.165) is 31.5 Å². The Morgan fingerprint density at radius 3 is 3.15 bits per heavy atom. The molecule has 2 heterocycles. The van der Waals surface area contributed by atoms with Crippen LogP contribution in [-0.2, 0) is 0 Å². The maximum Gasteiger partial charge on any atom is 0.144 e. The summed E-state index contributed by atoms with van der Waals surface area (Å²) in [5.74, 6) is 0.160. The second-order valence-electron chi connectivity index (χ2n) is 3.44. The van der Waals surface area contributed by atoms with Gasteiger partial charge in [0.15, 0.2) is 0 Å². The molecular formula is C10H13FN2. The van der Waals surface area contributed by atoms with Gasteiger partial charge in [0, 0.05) is 12.7 Å². The molecule has 2 rings (SSSR count). The van der Waals surface area contributed by atoms with Crippen LogP contribution in [0.2, 0.25) is 0 Å². The zero-order valence-corrected chi connectivity index (χ0v) is 7.46. The molecule has 13 heavy (non-hydrogen) atoms. The number of nitrogens with one attached hydrogen (secondary N) is 1. The Kier molecular flexibility index (Phi) is 2.54. The van der Waals surface area contributed by atoms with Crippen molar-refractivity contribution in [3.63, 3.8) is 0 Å². The highest BCUT2D eigenvalue weighted by molar-refractivity contribution is 5.19. The van der Waals surface area contributed by atoms with Gasteiger partial charge in [-0.25, -0.2) is 4.39 Å². The minimum Gasteiger partial charge on any atom is -0.316 e. The van der Waals surface area contributed by atoms with Crippen molar-refractivity contribution in [3.05, 3.63) is 29.8 Å². The SMILES string of the molecule is Fc1cnccc1C1CCCNC1. The molecule has 0 radical (unpaired) electrons. The molecule has 1 aromatic heterocycles. The molecule has 0 spiro atoms. The zero-order chi connectivity index (χ0) is 9.10. The number of piperidine rings is 1. The highest BCUT2D eigenvalue weighted by atomic mass is 19.1. The summed E-state index contributed by atoms with van der Waals surface area (Å²) in [6, 6.07) is 1.78. The maximum atomic E-state index is 13.3. The van der Waals surface area contributed by atoms with Crippen LogP contribution in [-0.4, -0.2) is 18.1 Å². The minimum atomic E-state index is -0.170. The third-order valence-corrected chi connectivity index (χ3v) is 2.54. The van der Waals surface area contributed by atoms with Gasteiger partial charge in [-0.3, -0.25) is 4.98 Å². The third-order valence-electron chi connectivity index (χ3n) is 2.54. The monoisotopic (exact) mass is 180 g/mol. The highest BCUT2D eigenvalue weighted by Crippen LogP contribution is 2.24. The van der Waals surface area contributed by atoms with E-state index in [2.05, 4.69) is 10.3 Å². The first-order chi connectivity index (χ1) is 6.38. The van der Waals surface area contributed by atoms with E-state index in [4.69, 9.17) is 0 Å². The van der Waals surface area contributed by atoms with Crippen LogP contribution >= 0.6 is 0 Å². The number of pyridine rings is 1. The summed E-state index contributed by atoms with van der Waals surface area (Å²) in [6.45, 7) is 1.95. The van der Waals surface area contributed by atoms with Crippen molar-refractivity contribution in [1.82, 2.24) is 10.3 Å². The fourth-order valence-electron chi connectivity index (χ4n) is 1.83. The van der Waals surface area contributed by atoms with Crippen LogP contribution in [0, 0.1) is 5.82 Å². The fourth-order valence-corrected chi connectivity index (χ4v) is 1.83. The topological polar surface area (TPSA) is 24.9 Å². The first-order valence-corrected chi connectivity index (χ1v) is 4.68. The van der Waals surface area contributed by atoms with Crippen LogP contribution in [0.3, 0.4) is 0 Å². The van der Waals surface area contributed by atoms with E-state index in [1.807, 2.05) is 0 Å². The molecule has 1 N–H and O–H groups in total. The molecule has 0 saturated carbocycles. The lowest BCUT2D eigenvalue weighted by Gasteiger charge is -2.23. The molecule has 3 heteroatoms. The van der Waals surface area contributed by atoms with Gasteiger partial charge in [0.1, 0.15) is 5.82 Å². The molecule has 0 amide bonds. The molecule has 1 aliphatic rings. The lowest BCUT2D eigenvalue weighted by molar-refractivity contribution is 0.445. The number of hydrogen-bond donors (Lipinski definition) is 1. The molecule has 1 saturated heterocycles. The van der Waals surface area contributed by atoms with Gasteiger partial charge in [-0.1, -0.05) is 0 Å². The molecule has 1 aromatic rings. The molecule has 2 nitrogen and oxygen atoms in total. The van der Waals surface area contributed by atoms with Crippen molar-refractivity contribution in [2.75, 3.05) is 13.1 Å². The number of rotatable bonds is 1. The summed E-state index contributed by atoms with van der Waals surface area (Å²) in [5.41, 5.74) is 0.808. The van der Waals surface area contributed by atoms with E-state index in [1.165, 1.54) is 6.20 Å². The number of hydrogen-bond acceptors (Lipinski definition) is 2. The quantitative estimate of drug-likeness (QED) is 0.711. The minimum absolute atomic E-state index is 0.170. The van der Waals surface area contributed by atoms with Crippen LogP contribution in [0.25, 0.3) is 0 Å².